The van der Waals surface area contributed by atoms with E-state index in [0.29, 0.717) is 12.0 Å². The Labute approximate surface area is 91.1 Å². The van der Waals surface area contributed by atoms with E-state index in [1.165, 1.54) is 12.8 Å². The van der Waals surface area contributed by atoms with Crippen molar-refractivity contribution in [3.63, 3.8) is 0 Å². The molecular weight excluding hydrogens is 188 g/mol. The topological polar surface area (TPSA) is 55.1 Å². The van der Waals surface area contributed by atoms with Gasteiger partial charge >= 0.3 is 0 Å². The van der Waals surface area contributed by atoms with Crippen LogP contribution in [0.5, 0.6) is 0 Å². The van der Waals surface area contributed by atoms with Crippen molar-refractivity contribution in [1.29, 1.82) is 0 Å². The maximum absolute atomic E-state index is 11.3. The van der Waals surface area contributed by atoms with E-state index < -0.39 is 0 Å². The fourth-order valence-electron chi connectivity index (χ4n) is 2.74. The number of fused-ring (bicyclic) bond motifs is 1. The molecule has 0 radical (unpaired) electrons. The van der Waals surface area contributed by atoms with Crippen LogP contribution in [0.15, 0.2) is 12.2 Å². The Morgan fingerprint density at radius 1 is 1.53 bits per heavy atom. The highest BCUT2D eigenvalue weighted by Gasteiger charge is 2.42. The minimum atomic E-state index is -0.226. The molecule has 0 bridgehead atoms. The summed E-state index contributed by atoms with van der Waals surface area (Å²) in [7, 11) is 0. The van der Waals surface area contributed by atoms with Gasteiger partial charge in [-0.15, -0.1) is 0 Å². The summed E-state index contributed by atoms with van der Waals surface area (Å²) in [5.74, 6) is 1.51. The van der Waals surface area contributed by atoms with Crippen molar-refractivity contribution >= 4 is 5.91 Å². The fourth-order valence-corrected chi connectivity index (χ4v) is 2.74. The number of hydrogen-bond acceptors (Lipinski definition) is 2. The zero-order valence-corrected chi connectivity index (χ0v) is 9.44. The van der Waals surface area contributed by atoms with Crippen LogP contribution in [0.1, 0.15) is 26.7 Å². The maximum Gasteiger partial charge on any atom is 0.234 e. The molecule has 0 spiro atoms. The van der Waals surface area contributed by atoms with E-state index in [0.717, 1.165) is 5.92 Å². The molecule has 0 aromatic heterocycles. The van der Waals surface area contributed by atoms with E-state index in [9.17, 15) is 4.79 Å². The van der Waals surface area contributed by atoms with Gasteiger partial charge in [-0.05, 0) is 30.6 Å². The first kappa shape index (κ1) is 10.7. The molecule has 3 heteroatoms. The Morgan fingerprint density at radius 3 is 2.80 bits per heavy atom. The highest BCUT2D eigenvalue weighted by Crippen LogP contribution is 2.42. The third kappa shape index (κ3) is 1.93. The van der Waals surface area contributed by atoms with E-state index in [4.69, 9.17) is 5.73 Å². The van der Waals surface area contributed by atoms with Gasteiger partial charge in [0.25, 0.3) is 0 Å². The average molecular weight is 208 g/mol. The number of amides is 1. The van der Waals surface area contributed by atoms with Crippen LogP contribution in [-0.2, 0) is 4.79 Å². The Morgan fingerprint density at radius 2 is 2.27 bits per heavy atom. The molecule has 2 aliphatic rings. The van der Waals surface area contributed by atoms with Crippen LogP contribution in [0.25, 0.3) is 0 Å². The summed E-state index contributed by atoms with van der Waals surface area (Å²) < 4.78 is 0. The van der Waals surface area contributed by atoms with Gasteiger partial charge in [-0.3, -0.25) is 4.79 Å². The van der Waals surface area contributed by atoms with Crippen molar-refractivity contribution in [2.24, 2.45) is 23.5 Å². The molecule has 3 nitrogen and oxygen atoms in total. The van der Waals surface area contributed by atoms with Crippen LogP contribution < -0.4 is 11.1 Å². The third-order valence-corrected chi connectivity index (χ3v) is 3.73. The molecule has 4 atom stereocenters. The molecule has 15 heavy (non-hydrogen) atoms. The van der Waals surface area contributed by atoms with Gasteiger partial charge in [0.2, 0.25) is 5.91 Å². The summed E-state index contributed by atoms with van der Waals surface area (Å²) in [6.45, 7) is 4.06. The molecule has 0 aromatic carbocycles. The number of allylic oxidation sites excluding steroid dienone is 1. The fraction of sp³-hybridized carbons (Fsp3) is 0.750. The average Bonchev–Trinajstić information content (AvgIpc) is 2.46. The summed E-state index contributed by atoms with van der Waals surface area (Å²) in [5, 5.41) is 3.40. The van der Waals surface area contributed by atoms with Crippen molar-refractivity contribution in [2.45, 2.75) is 38.8 Å². The summed E-state index contributed by atoms with van der Waals surface area (Å²) in [6, 6.07) is 0.290. The van der Waals surface area contributed by atoms with E-state index in [-0.39, 0.29) is 17.9 Å². The Balaban J connectivity index is 1.90. The van der Waals surface area contributed by atoms with Crippen molar-refractivity contribution in [1.82, 2.24) is 5.32 Å². The molecule has 0 saturated heterocycles. The molecule has 0 heterocycles. The molecular formula is C12H20N2O. The second-order valence-corrected chi connectivity index (χ2v) is 5.13. The summed E-state index contributed by atoms with van der Waals surface area (Å²) >= 11 is 0. The lowest BCUT2D eigenvalue weighted by molar-refractivity contribution is -0.121. The van der Waals surface area contributed by atoms with Crippen LogP contribution in [-0.4, -0.2) is 18.0 Å². The Hall–Kier alpha value is -0.830. The number of rotatable bonds is 4. The minimum Gasteiger partial charge on any atom is -0.368 e. The monoisotopic (exact) mass is 208 g/mol. The number of carbonyl (C=O) groups is 1. The lowest BCUT2D eigenvalue weighted by Crippen LogP contribution is -2.56. The van der Waals surface area contributed by atoms with Gasteiger partial charge in [-0.2, -0.15) is 0 Å². The van der Waals surface area contributed by atoms with Gasteiger partial charge in [0.1, 0.15) is 0 Å². The normalized spacial score (nSPS) is 35.0. The van der Waals surface area contributed by atoms with Crippen LogP contribution in [0, 0.1) is 17.8 Å². The van der Waals surface area contributed by atoms with Crippen LogP contribution in [0.4, 0.5) is 0 Å². The summed E-state index contributed by atoms with van der Waals surface area (Å²) in [5.41, 5.74) is 5.38. The standard InChI is InChI=1S/C12H20N2O/c1-7(2)11(12(13)15)14-10-6-8-4-3-5-9(8)10/h3,5,7-11,14H,4,6H2,1-2H3,(H2,13,15). The van der Waals surface area contributed by atoms with E-state index in [1.807, 2.05) is 13.8 Å². The molecule has 1 amide bonds. The smallest absolute Gasteiger partial charge is 0.234 e. The second-order valence-electron chi connectivity index (χ2n) is 5.13. The Bertz CT molecular complexity index is 285. The molecule has 1 fully saturated rings. The van der Waals surface area contributed by atoms with Gasteiger partial charge in [0, 0.05) is 6.04 Å². The molecule has 4 unspecified atom stereocenters. The molecule has 2 rings (SSSR count). The maximum atomic E-state index is 11.3. The number of nitrogens with two attached hydrogens (primary N) is 1. The molecule has 3 N–H and O–H groups in total. The number of primary amides is 1. The van der Waals surface area contributed by atoms with Crippen molar-refractivity contribution in [2.75, 3.05) is 0 Å². The summed E-state index contributed by atoms with van der Waals surface area (Å²) in [6.07, 6.45) is 6.94. The van der Waals surface area contributed by atoms with Crippen LogP contribution in [0.3, 0.4) is 0 Å². The van der Waals surface area contributed by atoms with E-state index in [1.54, 1.807) is 0 Å². The first-order valence-electron chi connectivity index (χ1n) is 5.81. The van der Waals surface area contributed by atoms with Crippen molar-refractivity contribution in [3.8, 4) is 0 Å². The van der Waals surface area contributed by atoms with E-state index in [2.05, 4.69) is 17.5 Å². The number of nitrogens with one attached hydrogen (secondary N) is 1. The lowest BCUT2D eigenvalue weighted by Gasteiger charge is -2.42. The molecule has 84 valence electrons. The van der Waals surface area contributed by atoms with E-state index >= 15 is 0 Å². The van der Waals surface area contributed by atoms with Gasteiger partial charge in [-0.1, -0.05) is 26.0 Å². The molecule has 0 aliphatic heterocycles. The third-order valence-electron chi connectivity index (χ3n) is 3.73. The highest BCUT2D eigenvalue weighted by atomic mass is 16.1. The first-order chi connectivity index (χ1) is 7.09. The first-order valence-corrected chi connectivity index (χ1v) is 5.81. The second kappa shape index (κ2) is 3.97. The van der Waals surface area contributed by atoms with Gasteiger partial charge in [0.05, 0.1) is 6.04 Å². The lowest BCUT2D eigenvalue weighted by atomic mass is 9.71. The van der Waals surface area contributed by atoms with Gasteiger partial charge in [0.15, 0.2) is 0 Å². The number of hydrogen-bond donors (Lipinski definition) is 2. The SMILES string of the molecule is CC(C)C(NC1CC2CC=CC21)C(N)=O. The minimum absolute atomic E-state index is 0.176. The van der Waals surface area contributed by atoms with Crippen LogP contribution >= 0.6 is 0 Å². The Kier molecular flexibility index (Phi) is 2.83. The summed E-state index contributed by atoms with van der Waals surface area (Å²) in [4.78, 5) is 11.3. The molecule has 2 aliphatic carbocycles. The zero-order valence-electron chi connectivity index (χ0n) is 9.44. The van der Waals surface area contributed by atoms with Gasteiger partial charge in [-0.25, -0.2) is 0 Å². The number of carbonyl (C=O) groups excluding carboxylic acids is 1. The predicted octanol–water partition coefficient (Wildman–Crippen LogP) is 1.05. The highest BCUT2D eigenvalue weighted by molar-refractivity contribution is 5.80. The van der Waals surface area contributed by atoms with Gasteiger partial charge < -0.3 is 11.1 Å². The quantitative estimate of drug-likeness (QED) is 0.678. The van der Waals surface area contributed by atoms with Crippen LogP contribution in [0.2, 0.25) is 0 Å². The molecule has 1 saturated carbocycles. The zero-order chi connectivity index (χ0) is 11.0. The molecule has 0 aromatic rings. The predicted molar refractivity (Wildman–Crippen MR) is 60.1 cm³/mol. The van der Waals surface area contributed by atoms with Crippen molar-refractivity contribution in [3.05, 3.63) is 12.2 Å². The largest absolute Gasteiger partial charge is 0.368 e. The van der Waals surface area contributed by atoms with Crippen molar-refractivity contribution < 1.29 is 4.79 Å².